The van der Waals surface area contributed by atoms with Gasteiger partial charge in [0.1, 0.15) is 4.90 Å². The fourth-order valence-electron chi connectivity index (χ4n) is 2.32. The van der Waals surface area contributed by atoms with Crippen LogP contribution in [0.3, 0.4) is 0 Å². The van der Waals surface area contributed by atoms with Crippen LogP contribution in [0.4, 0.5) is 0 Å². The third-order valence-electron chi connectivity index (χ3n) is 3.82. The highest BCUT2D eigenvalue weighted by Gasteiger charge is 2.23. The SMILES string of the molecule is CN(C)S(=O)(=O)c1cc(C(=O)N[C@H](Cc2ccccc2)C(=O)[O-])ccc1Cl. The molecule has 0 unspecified atom stereocenters. The highest BCUT2D eigenvalue weighted by Crippen LogP contribution is 2.24. The van der Waals surface area contributed by atoms with Crippen molar-refractivity contribution in [3.8, 4) is 0 Å². The third-order valence-corrected chi connectivity index (χ3v) is 6.12. The van der Waals surface area contributed by atoms with Crippen molar-refractivity contribution >= 4 is 33.5 Å². The number of rotatable bonds is 7. The molecule has 0 fully saturated rings. The second-order valence-corrected chi connectivity index (χ2v) is 8.49. The average Bonchev–Trinajstić information content (AvgIpc) is 2.61. The minimum atomic E-state index is -3.86. The number of hydrogen-bond acceptors (Lipinski definition) is 5. The molecular weight excluding hydrogens is 392 g/mol. The van der Waals surface area contributed by atoms with Crippen LogP contribution in [-0.4, -0.2) is 44.7 Å². The van der Waals surface area contributed by atoms with Crippen molar-refractivity contribution in [2.45, 2.75) is 17.4 Å². The second kappa shape index (κ2) is 8.51. The summed E-state index contributed by atoms with van der Waals surface area (Å²) in [6.45, 7) is 0. The summed E-state index contributed by atoms with van der Waals surface area (Å²) in [4.78, 5) is 23.6. The predicted molar refractivity (Wildman–Crippen MR) is 98.7 cm³/mol. The Balaban J connectivity index is 2.27. The van der Waals surface area contributed by atoms with Gasteiger partial charge < -0.3 is 15.2 Å². The molecule has 1 N–H and O–H groups in total. The number of carboxylic acid groups (broad SMARTS) is 1. The maximum absolute atomic E-state index is 12.5. The Morgan fingerprint density at radius 3 is 2.33 bits per heavy atom. The summed E-state index contributed by atoms with van der Waals surface area (Å²) in [5, 5.41) is 13.7. The second-order valence-electron chi connectivity index (χ2n) is 5.97. The lowest BCUT2D eigenvalue weighted by molar-refractivity contribution is -0.308. The Bertz CT molecular complexity index is 945. The summed E-state index contributed by atoms with van der Waals surface area (Å²) in [7, 11) is -1.19. The van der Waals surface area contributed by atoms with E-state index in [0.29, 0.717) is 5.56 Å². The zero-order valence-electron chi connectivity index (χ0n) is 14.7. The van der Waals surface area contributed by atoms with Crippen LogP contribution >= 0.6 is 11.6 Å². The number of sulfonamides is 1. The fraction of sp³-hybridized carbons (Fsp3) is 0.222. The van der Waals surface area contributed by atoms with Gasteiger partial charge in [0, 0.05) is 19.7 Å². The first-order chi connectivity index (χ1) is 12.6. The van der Waals surface area contributed by atoms with E-state index in [1.54, 1.807) is 30.3 Å². The number of aliphatic carboxylic acids is 1. The smallest absolute Gasteiger partial charge is 0.251 e. The minimum Gasteiger partial charge on any atom is -0.548 e. The van der Waals surface area contributed by atoms with E-state index in [-0.39, 0.29) is 21.9 Å². The number of benzene rings is 2. The van der Waals surface area contributed by atoms with Crippen LogP contribution in [0.5, 0.6) is 0 Å². The predicted octanol–water partition coefficient (Wildman–Crippen LogP) is 0.681. The highest BCUT2D eigenvalue weighted by atomic mass is 35.5. The molecule has 2 aromatic rings. The minimum absolute atomic E-state index is 0.0286. The monoisotopic (exact) mass is 409 g/mol. The first-order valence-electron chi connectivity index (χ1n) is 7.90. The molecule has 0 aliphatic carbocycles. The molecule has 0 saturated heterocycles. The molecule has 144 valence electrons. The van der Waals surface area contributed by atoms with E-state index in [9.17, 15) is 23.1 Å². The Labute approximate surface area is 162 Å². The number of amides is 1. The van der Waals surface area contributed by atoms with E-state index in [1.807, 2.05) is 0 Å². The number of carbonyl (C=O) groups is 2. The normalized spacial score (nSPS) is 12.6. The van der Waals surface area contributed by atoms with Crippen LogP contribution in [0.15, 0.2) is 53.4 Å². The molecule has 9 heteroatoms. The molecule has 2 aromatic carbocycles. The third kappa shape index (κ3) is 5.06. The van der Waals surface area contributed by atoms with Crippen LogP contribution in [0.1, 0.15) is 15.9 Å². The molecule has 0 radical (unpaired) electrons. The van der Waals surface area contributed by atoms with Gasteiger partial charge in [-0.1, -0.05) is 41.9 Å². The van der Waals surface area contributed by atoms with E-state index in [4.69, 9.17) is 11.6 Å². The number of hydrogen-bond donors (Lipinski definition) is 1. The van der Waals surface area contributed by atoms with Crippen LogP contribution in [-0.2, 0) is 21.2 Å². The first-order valence-corrected chi connectivity index (χ1v) is 9.72. The molecule has 7 nitrogen and oxygen atoms in total. The van der Waals surface area contributed by atoms with Crippen molar-refractivity contribution in [2.24, 2.45) is 0 Å². The number of carbonyl (C=O) groups excluding carboxylic acids is 2. The molecule has 1 atom stereocenters. The van der Waals surface area contributed by atoms with Crippen LogP contribution in [0.25, 0.3) is 0 Å². The van der Waals surface area contributed by atoms with Crippen LogP contribution < -0.4 is 10.4 Å². The average molecular weight is 410 g/mol. The van der Waals surface area contributed by atoms with Crippen LogP contribution in [0, 0.1) is 0 Å². The van der Waals surface area contributed by atoms with Gasteiger partial charge in [-0.25, -0.2) is 12.7 Å². The van der Waals surface area contributed by atoms with E-state index in [2.05, 4.69) is 5.32 Å². The maximum Gasteiger partial charge on any atom is 0.251 e. The molecule has 0 aliphatic heterocycles. The quantitative estimate of drug-likeness (QED) is 0.723. The number of halogens is 1. The van der Waals surface area contributed by atoms with Crippen molar-refractivity contribution < 1.29 is 23.1 Å². The van der Waals surface area contributed by atoms with E-state index in [0.717, 1.165) is 10.4 Å². The summed E-state index contributed by atoms with van der Waals surface area (Å²) in [5.41, 5.74) is 0.679. The summed E-state index contributed by atoms with van der Waals surface area (Å²) < 4.78 is 25.6. The summed E-state index contributed by atoms with van der Waals surface area (Å²) in [5.74, 6) is -2.19. The Morgan fingerprint density at radius 1 is 1.15 bits per heavy atom. The van der Waals surface area contributed by atoms with Gasteiger partial charge in [-0.15, -0.1) is 0 Å². The van der Waals surface area contributed by atoms with Gasteiger partial charge in [0.25, 0.3) is 5.91 Å². The van der Waals surface area contributed by atoms with Gasteiger partial charge in [-0.05, 0) is 30.2 Å². The number of nitrogens with zero attached hydrogens (tertiary/aromatic N) is 1. The molecule has 27 heavy (non-hydrogen) atoms. The summed E-state index contributed by atoms with van der Waals surface area (Å²) in [6.07, 6.45) is 0.0331. The summed E-state index contributed by atoms with van der Waals surface area (Å²) in [6, 6.07) is 11.2. The largest absolute Gasteiger partial charge is 0.548 e. The molecule has 0 aromatic heterocycles. The van der Waals surface area contributed by atoms with Crippen molar-refractivity contribution in [2.75, 3.05) is 14.1 Å². The molecule has 0 saturated carbocycles. The maximum atomic E-state index is 12.5. The van der Waals surface area contributed by atoms with Gasteiger partial charge in [0.05, 0.1) is 17.0 Å². The van der Waals surface area contributed by atoms with E-state index >= 15 is 0 Å². The lowest BCUT2D eigenvalue weighted by Crippen LogP contribution is -2.49. The first kappa shape index (κ1) is 20.9. The van der Waals surface area contributed by atoms with Crippen molar-refractivity contribution in [1.82, 2.24) is 9.62 Å². The van der Waals surface area contributed by atoms with Crippen LogP contribution in [0.2, 0.25) is 5.02 Å². The Hall–Kier alpha value is -2.42. The van der Waals surface area contributed by atoms with Gasteiger partial charge in [-0.3, -0.25) is 4.79 Å². The van der Waals surface area contributed by atoms with Crippen molar-refractivity contribution in [1.29, 1.82) is 0 Å². The zero-order chi connectivity index (χ0) is 20.2. The fourth-order valence-corrected chi connectivity index (χ4v) is 3.72. The molecule has 0 heterocycles. The summed E-state index contributed by atoms with van der Waals surface area (Å²) >= 11 is 5.95. The number of nitrogens with one attached hydrogen (secondary N) is 1. The Kier molecular flexibility index (Phi) is 6.59. The highest BCUT2D eigenvalue weighted by molar-refractivity contribution is 7.89. The van der Waals surface area contributed by atoms with Gasteiger partial charge >= 0.3 is 0 Å². The molecule has 0 bridgehead atoms. The molecule has 0 spiro atoms. The van der Waals surface area contributed by atoms with Crippen molar-refractivity contribution in [3.63, 3.8) is 0 Å². The lowest BCUT2D eigenvalue weighted by Gasteiger charge is -2.20. The molecule has 2 rings (SSSR count). The molecule has 1 amide bonds. The van der Waals surface area contributed by atoms with E-state index < -0.39 is 27.9 Å². The topological polar surface area (TPSA) is 107 Å². The van der Waals surface area contributed by atoms with Gasteiger partial charge in [0.2, 0.25) is 10.0 Å². The Morgan fingerprint density at radius 2 is 1.78 bits per heavy atom. The van der Waals surface area contributed by atoms with Crippen molar-refractivity contribution in [3.05, 3.63) is 64.7 Å². The van der Waals surface area contributed by atoms with E-state index in [1.165, 1.54) is 26.2 Å². The zero-order valence-corrected chi connectivity index (χ0v) is 16.3. The lowest BCUT2D eigenvalue weighted by atomic mass is 10.1. The molecule has 0 aliphatic rings. The number of carboxylic acids is 1. The van der Waals surface area contributed by atoms with Gasteiger partial charge in [-0.2, -0.15) is 0 Å². The molecular formula is C18H18ClN2O5S-. The van der Waals surface area contributed by atoms with Gasteiger partial charge in [0.15, 0.2) is 0 Å². The standard InChI is InChI=1S/C18H19ClN2O5S/c1-21(2)27(25,26)16-11-13(8-9-14(16)19)17(22)20-15(18(23)24)10-12-6-4-3-5-7-12/h3-9,11,15H,10H2,1-2H3,(H,20,22)(H,23,24)/p-1/t15-/m1/s1.